The minimum atomic E-state index is -0.326. The number of nitrogens with zero attached hydrogens (tertiary/aromatic N) is 1. The van der Waals surface area contributed by atoms with Gasteiger partial charge < -0.3 is 14.5 Å². The Bertz CT molecular complexity index is 1340. The van der Waals surface area contributed by atoms with Gasteiger partial charge in [0.15, 0.2) is 0 Å². The average Bonchev–Trinajstić information content (AvgIpc) is 3.17. The van der Waals surface area contributed by atoms with Crippen LogP contribution in [0.1, 0.15) is 12.5 Å². The minimum Gasteiger partial charge on any atom is -0.496 e. The van der Waals surface area contributed by atoms with Crippen LogP contribution in [-0.4, -0.2) is 18.0 Å². The lowest BCUT2D eigenvalue weighted by atomic mass is 9.99. The summed E-state index contributed by atoms with van der Waals surface area (Å²) in [5.74, 6) is 0.653. The summed E-state index contributed by atoms with van der Waals surface area (Å²) in [7, 11) is 1.57. The predicted octanol–water partition coefficient (Wildman–Crippen LogP) is 7.51. The topological polar surface area (TPSA) is 64.4 Å². The fourth-order valence-corrected chi connectivity index (χ4v) is 3.96. The van der Waals surface area contributed by atoms with E-state index >= 15 is 0 Å². The number of pyridine rings is 1. The van der Waals surface area contributed by atoms with Gasteiger partial charge in [-0.3, -0.25) is 4.79 Å². The number of furan rings is 1. The van der Waals surface area contributed by atoms with E-state index in [-0.39, 0.29) is 5.91 Å². The predicted molar refractivity (Wildman–Crippen MR) is 130 cm³/mol. The molecule has 0 aliphatic heterocycles. The lowest BCUT2D eigenvalue weighted by molar-refractivity contribution is -0.111. The van der Waals surface area contributed by atoms with Gasteiger partial charge in [0, 0.05) is 45.4 Å². The highest BCUT2D eigenvalue weighted by Crippen LogP contribution is 2.40. The number of hydrogen-bond acceptors (Lipinski definition) is 4. The average molecular weight is 488 g/mol. The molecule has 1 amide bonds. The lowest BCUT2D eigenvalue weighted by Crippen LogP contribution is -2.09. The summed E-state index contributed by atoms with van der Waals surface area (Å²) in [4.78, 5) is 16.6. The Labute approximate surface area is 199 Å². The van der Waals surface area contributed by atoms with Gasteiger partial charge in [-0.25, -0.2) is 4.98 Å². The molecule has 32 heavy (non-hydrogen) atoms. The molecule has 0 radical (unpaired) electrons. The first-order valence-corrected chi connectivity index (χ1v) is 10.6. The zero-order valence-electron chi connectivity index (χ0n) is 17.1. The van der Waals surface area contributed by atoms with E-state index in [0.29, 0.717) is 37.8 Å². The number of aromatic nitrogens is 1. The molecule has 2 aromatic heterocycles. The highest BCUT2D eigenvalue weighted by Gasteiger charge is 2.16. The van der Waals surface area contributed by atoms with E-state index in [1.54, 1.807) is 43.7 Å². The number of fused-ring (bicyclic) bond motifs is 1. The fourth-order valence-electron chi connectivity index (χ4n) is 3.34. The molecule has 0 aliphatic carbocycles. The second kappa shape index (κ2) is 9.25. The van der Waals surface area contributed by atoms with Gasteiger partial charge in [0.05, 0.1) is 23.4 Å². The highest BCUT2D eigenvalue weighted by atomic mass is 35.5. The number of carbonyl (C=O) groups is 1. The van der Waals surface area contributed by atoms with Crippen LogP contribution in [0.5, 0.6) is 5.75 Å². The zero-order chi connectivity index (χ0) is 22.8. The van der Waals surface area contributed by atoms with Crippen LogP contribution >= 0.6 is 34.8 Å². The number of benzene rings is 2. The minimum absolute atomic E-state index is 0.326. The first kappa shape index (κ1) is 22.2. The summed E-state index contributed by atoms with van der Waals surface area (Å²) < 4.78 is 11.3. The molecule has 0 spiro atoms. The number of ether oxygens (including phenoxy) is 1. The molecule has 1 N–H and O–H groups in total. The number of halogens is 3. The first-order valence-electron chi connectivity index (χ1n) is 9.51. The quantitative estimate of drug-likeness (QED) is 0.296. The number of anilines is 1. The maximum Gasteiger partial charge on any atom is 0.249 e. The molecule has 0 atom stereocenters. The van der Waals surface area contributed by atoms with Gasteiger partial charge in [-0.05, 0) is 42.8 Å². The van der Waals surface area contributed by atoms with E-state index < -0.39 is 0 Å². The van der Waals surface area contributed by atoms with Crippen LogP contribution in [0.25, 0.3) is 27.7 Å². The van der Waals surface area contributed by atoms with Gasteiger partial charge in [-0.15, -0.1) is 0 Å². The molecule has 2 aromatic carbocycles. The van der Waals surface area contributed by atoms with Crippen LogP contribution in [-0.2, 0) is 4.79 Å². The smallest absolute Gasteiger partial charge is 0.249 e. The van der Waals surface area contributed by atoms with Crippen molar-refractivity contribution >= 4 is 63.1 Å². The molecule has 0 unspecified atom stereocenters. The van der Waals surface area contributed by atoms with Gasteiger partial charge in [0.2, 0.25) is 5.91 Å². The Morgan fingerprint density at radius 2 is 1.84 bits per heavy atom. The summed E-state index contributed by atoms with van der Waals surface area (Å²) in [6.45, 7) is 1.83. The third-order valence-corrected chi connectivity index (χ3v) is 5.64. The molecule has 0 aliphatic rings. The standard InChI is InChI=1S/C24H17Cl3N2O3/c1-13(7-24(30)29-23-6-4-15(26)11-28-23)17-9-18-19(12-32-22(18)10-21(17)31-2)16-5-3-14(25)8-20(16)27/h3-12H,1-2H3,(H,28,29,30)/b13-7+. The first-order chi connectivity index (χ1) is 15.4. The molecule has 0 saturated heterocycles. The molecule has 5 nitrogen and oxygen atoms in total. The summed E-state index contributed by atoms with van der Waals surface area (Å²) >= 11 is 18.3. The Balaban J connectivity index is 1.73. The molecular weight excluding hydrogens is 471 g/mol. The van der Waals surface area contributed by atoms with Crippen molar-refractivity contribution in [2.24, 2.45) is 0 Å². The molecule has 0 bridgehead atoms. The Hall–Kier alpha value is -2.99. The van der Waals surface area contributed by atoms with E-state index in [1.807, 2.05) is 19.1 Å². The van der Waals surface area contributed by atoms with Crippen LogP contribution in [0.2, 0.25) is 15.1 Å². The molecule has 8 heteroatoms. The van der Waals surface area contributed by atoms with Gasteiger partial charge in [0.25, 0.3) is 0 Å². The third-order valence-electron chi connectivity index (χ3n) is 4.87. The molecule has 2 heterocycles. The summed E-state index contributed by atoms with van der Waals surface area (Å²) in [5, 5.41) is 5.10. The molecule has 4 aromatic rings. The second-order valence-electron chi connectivity index (χ2n) is 7.00. The number of methoxy groups -OCH3 is 1. The maximum absolute atomic E-state index is 12.5. The van der Waals surface area contributed by atoms with Crippen molar-refractivity contribution in [2.75, 3.05) is 12.4 Å². The van der Waals surface area contributed by atoms with Crippen LogP contribution < -0.4 is 10.1 Å². The Morgan fingerprint density at radius 1 is 1.06 bits per heavy atom. The van der Waals surface area contributed by atoms with Crippen LogP contribution in [0, 0.1) is 0 Å². The van der Waals surface area contributed by atoms with E-state index in [1.165, 1.54) is 12.3 Å². The molecule has 0 fully saturated rings. The van der Waals surface area contributed by atoms with E-state index in [2.05, 4.69) is 10.3 Å². The number of nitrogens with one attached hydrogen (secondary N) is 1. The van der Waals surface area contributed by atoms with Crippen molar-refractivity contribution in [1.29, 1.82) is 0 Å². The molecule has 162 valence electrons. The number of carbonyl (C=O) groups excluding carboxylic acids is 1. The normalized spacial score (nSPS) is 11.6. The zero-order valence-corrected chi connectivity index (χ0v) is 19.3. The van der Waals surface area contributed by atoms with Crippen molar-refractivity contribution in [3.63, 3.8) is 0 Å². The maximum atomic E-state index is 12.5. The van der Waals surface area contributed by atoms with Crippen LogP contribution in [0.4, 0.5) is 5.82 Å². The van der Waals surface area contributed by atoms with E-state index in [9.17, 15) is 4.79 Å². The largest absolute Gasteiger partial charge is 0.496 e. The SMILES string of the molecule is COc1cc2occ(-c3ccc(Cl)cc3Cl)c2cc1/C(C)=C/C(=O)Nc1ccc(Cl)cn1. The second-order valence-corrected chi connectivity index (χ2v) is 8.28. The highest BCUT2D eigenvalue weighted by molar-refractivity contribution is 6.36. The van der Waals surface area contributed by atoms with Crippen LogP contribution in [0.3, 0.4) is 0 Å². The summed E-state index contributed by atoms with van der Waals surface area (Å²) in [6.07, 6.45) is 4.59. The number of allylic oxidation sites excluding steroid dienone is 1. The Morgan fingerprint density at radius 3 is 2.53 bits per heavy atom. The van der Waals surface area contributed by atoms with E-state index in [0.717, 1.165) is 22.1 Å². The number of hydrogen-bond donors (Lipinski definition) is 1. The van der Waals surface area contributed by atoms with Crippen molar-refractivity contribution in [3.05, 3.63) is 81.6 Å². The van der Waals surface area contributed by atoms with Crippen molar-refractivity contribution in [2.45, 2.75) is 6.92 Å². The van der Waals surface area contributed by atoms with Gasteiger partial charge in [0.1, 0.15) is 17.2 Å². The van der Waals surface area contributed by atoms with Crippen LogP contribution in [0.15, 0.2) is 65.4 Å². The molecule has 0 saturated carbocycles. The third kappa shape index (κ3) is 4.60. The van der Waals surface area contributed by atoms with Crippen molar-refractivity contribution < 1.29 is 13.9 Å². The summed E-state index contributed by atoms with van der Waals surface area (Å²) in [6, 6.07) is 12.3. The summed E-state index contributed by atoms with van der Waals surface area (Å²) in [5.41, 5.74) is 3.68. The van der Waals surface area contributed by atoms with Crippen molar-refractivity contribution in [1.82, 2.24) is 4.98 Å². The Kier molecular flexibility index (Phi) is 6.42. The molecular formula is C24H17Cl3N2O3. The van der Waals surface area contributed by atoms with E-state index in [4.69, 9.17) is 44.0 Å². The van der Waals surface area contributed by atoms with Gasteiger partial charge in [-0.1, -0.05) is 40.9 Å². The molecule has 4 rings (SSSR count). The van der Waals surface area contributed by atoms with Crippen molar-refractivity contribution in [3.8, 4) is 16.9 Å². The lowest BCUT2D eigenvalue weighted by Gasteiger charge is -2.10. The number of rotatable bonds is 5. The van der Waals surface area contributed by atoms with Gasteiger partial charge >= 0.3 is 0 Å². The fraction of sp³-hybridized carbons (Fsp3) is 0.0833. The monoisotopic (exact) mass is 486 g/mol. The van der Waals surface area contributed by atoms with Gasteiger partial charge in [-0.2, -0.15) is 0 Å². The number of amides is 1.